The molecule has 108 valence electrons. The Morgan fingerprint density at radius 1 is 1.21 bits per heavy atom. The Hall–Kier alpha value is -1.30. The van der Waals surface area contributed by atoms with Gasteiger partial charge >= 0.3 is 12.0 Å². The Balaban J connectivity index is 1.93. The Labute approximate surface area is 113 Å². The highest BCUT2D eigenvalue weighted by atomic mass is 16.4. The molecule has 2 amide bonds. The Kier molecular flexibility index (Phi) is 4.63. The maximum absolute atomic E-state index is 12.4. The van der Waals surface area contributed by atoms with E-state index in [1.54, 1.807) is 11.9 Å². The SMILES string of the molecule is CN(C(=O)N(CC(=O)O)CC1CC1)C1CCNCC1. The van der Waals surface area contributed by atoms with Crippen LogP contribution in [0.3, 0.4) is 0 Å². The van der Waals surface area contributed by atoms with Gasteiger partial charge in [-0.1, -0.05) is 0 Å². The Morgan fingerprint density at radius 3 is 2.37 bits per heavy atom. The second kappa shape index (κ2) is 6.23. The van der Waals surface area contributed by atoms with E-state index in [1.165, 1.54) is 4.90 Å². The van der Waals surface area contributed by atoms with Crippen molar-refractivity contribution in [2.45, 2.75) is 31.7 Å². The molecule has 0 radical (unpaired) electrons. The van der Waals surface area contributed by atoms with E-state index < -0.39 is 5.97 Å². The lowest BCUT2D eigenvalue weighted by molar-refractivity contribution is -0.137. The highest BCUT2D eigenvalue weighted by Gasteiger charge is 2.31. The van der Waals surface area contributed by atoms with E-state index in [0.29, 0.717) is 12.5 Å². The van der Waals surface area contributed by atoms with Gasteiger partial charge in [0, 0.05) is 19.6 Å². The Morgan fingerprint density at radius 2 is 1.84 bits per heavy atom. The lowest BCUT2D eigenvalue weighted by Crippen LogP contribution is -2.51. The van der Waals surface area contributed by atoms with Crippen LogP contribution in [-0.4, -0.2) is 66.2 Å². The number of carboxylic acid groups (broad SMARTS) is 1. The molecule has 1 saturated carbocycles. The van der Waals surface area contributed by atoms with E-state index in [-0.39, 0.29) is 18.6 Å². The summed E-state index contributed by atoms with van der Waals surface area (Å²) in [6.07, 6.45) is 4.10. The van der Waals surface area contributed by atoms with Gasteiger partial charge in [-0.2, -0.15) is 0 Å². The van der Waals surface area contributed by atoms with Gasteiger partial charge < -0.3 is 20.2 Å². The van der Waals surface area contributed by atoms with Gasteiger partial charge in [0.2, 0.25) is 0 Å². The molecular weight excluding hydrogens is 246 g/mol. The van der Waals surface area contributed by atoms with Crippen LogP contribution >= 0.6 is 0 Å². The number of nitrogens with zero attached hydrogens (tertiary/aromatic N) is 2. The molecule has 1 aliphatic carbocycles. The number of rotatable bonds is 5. The molecule has 0 aromatic heterocycles. The number of hydrogen-bond acceptors (Lipinski definition) is 3. The van der Waals surface area contributed by atoms with Gasteiger partial charge in [0.05, 0.1) is 0 Å². The van der Waals surface area contributed by atoms with Crippen LogP contribution in [-0.2, 0) is 4.79 Å². The first-order valence-electron chi connectivity index (χ1n) is 7.02. The summed E-state index contributed by atoms with van der Waals surface area (Å²) < 4.78 is 0. The average Bonchev–Trinajstić information content (AvgIpc) is 3.21. The molecule has 0 atom stereocenters. The molecule has 1 heterocycles. The molecule has 1 aliphatic heterocycles. The van der Waals surface area contributed by atoms with Crippen LogP contribution in [0.25, 0.3) is 0 Å². The number of amides is 2. The van der Waals surface area contributed by atoms with Crippen LogP contribution in [0.5, 0.6) is 0 Å². The number of aliphatic carboxylic acids is 1. The zero-order valence-corrected chi connectivity index (χ0v) is 11.5. The summed E-state index contributed by atoms with van der Waals surface area (Å²) in [6.45, 7) is 2.23. The fraction of sp³-hybridized carbons (Fsp3) is 0.846. The highest BCUT2D eigenvalue weighted by Crippen LogP contribution is 2.30. The topological polar surface area (TPSA) is 72.9 Å². The van der Waals surface area contributed by atoms with Gasteiger partial charge in [-0.05, 0) is 44.7 Å². The summed E-state index contributed by atoms with van der Waals surface area (Å²) >= 11 is 0. The number of piperidine rings is 1. The van der Waals surface area contributed by atoms with E-state index in [4.69, 9.17) is 5.11 Å². The third-order valence-corrected chi connectivity index (χ3v) is 3.93. The molecule has 0 spiro atoms. The van der Waals surface area contributed by atoms with Crippen LogP contribution < -0.4 is 5.32 Å². The van der Waals surface area contributed by atoms with E-state index in [9.17, 15) is 9.59 Å². The molecule has 19 heavy (non-hydrogen) atoms. The second-order valence-electron chi connectivity index (χ2n) is 5.59. The molecule has 2 N–H and O–H groups in total. The molecule has 6 nitrogen and oxygen atoms in total. The minimum absolute atomic E-state index is 0.138. The molecule has 2 aliphatic rings. The van der Waals surface area contributed by atoms with Crippen molar-refractivity contribution in [3.05, 3.63) is 0 Å². The third-order valence-electron chi connectivity index (χ3n) is 3.93. The highest BCUT2D eigenvalue weighted by molar-refractivity contribution is 5.80. The molecular formula is C13H23N3O3. The largest absolute Gasteiger partial charge is 0.480 e. The maximum Gasteiger partial charge on any atom is 0.323 e. The molecule has 1 saturated heterocycles. The zero-order chi connectivity index (χ0) is 13.8. The molecule has 2 rings (SSSR count). The molecule has 0 aromatic carbocycles. The second-order valence-corrected chi connectivity index (χ2v) is 5.59. The Bertz CT molecular complexity index is 338. The fourth-order valence-electron chi connectivity index (χ4n) is 2.56. The first-order chi connectivity index (χ1) is 9.08. The van der Waals surface area contributed by atoms with Crippen molar-refractivity contribution < 1.29 is 14.7 Å². The van der Waals surface area contributed by atoms with Crippen LogP contribution in [0, 0.1) is 5.92 Å². The predicted octanol–water partition coefficient (Wildman–Crippen LogP) is 0.587. The van der Waals surface area contributed by atoms with Crippen molar-refractivity contribution in [1.82, 2.24) is 15.1 Å². The van der Waals surface area contributed by atoms with Gasteiger partial charge in [0.15, 0.2) is 0 Å². The summed E-state index contributed by atoms with van der Waals surface area (Å²) in [5, 5.41) is 12.2. The van der Waals surface area contributed by atoms with Crippen LogP contribution in [0.15, 0.2) is 0 Å². The van der Waals surface area contributed by atoms with Crippen molar-refractivity contribution in [2.75, 3.05) is 33.2 Å². The van der Waals surface area contributed by atoms with Gasteiger partial charge in [-0.15, -0.1) is 0 Å². The summed E-state index contributed by atoms with van der Waals surface area (Å²) in [4.78, 5) is 26.5. The van der Waals surface area contributed by atoms with Crippen molar-refractivity contribution in [2.24, 2.45) is 5.92 Å². The molecule has 2 fully saturated rings. The lowest BCUT2D eigenvalue weighted by atomic mass is 10.1. The van der Waals surface area contributed by atoms with Gasteiger partial charge in [0.1, 0.15) is 6.54 Å². The average molecular weight is 269 g/mol. The third kappa shape index (κ3) is 4.09. The molecule has 6 heteroatoms. The van der Waals surface area contributed by atoms with Crippen LogP contribution in [0.4, 0.5) is 4.79 Å². The number of carbonyl (C=O) groups is 2. The standard InChI is InChI=1S/C13H23N3O3/c1-15(11-4-6-14-7-5-11)13(19)16(9-12(17)18)8-10-2-3-10/h10-11,14H,2-9H2,1H3,(H,17,18). The first kappa shape index (κ1) is 14.1. The maximum atomic E-state index is 12.4. The first-order valence-corrected chi connectivity index (χ1v) is 7.02. The monoisotopic (exact) mass is 269 g/mol. The number of hydrogen-bond donors (Lipinski definition) is 2. The van der Waals surface area contributed by atoms with Crippen molar-refractivity contribution in [1.29, 1.82) is 0 Å². The number of carbonyl (C=O) groups excluding carboxylic acids is 1. The van der Waals surface area contributed by atoms with Gasteiger partial charge in [-0.3, -0.25) is 4.79 Å². The summed E-state index contributed by atoms with van der Waals surface area (Å²) in [5.41, 5.74) is 0. The summed E-state index contributed by atoms with van der Waals surface area (Å²) in [5.74, 6) is -0.433. The normalized spacial score (nSPS) is 20.1. The molecule has 0 unspecified atom stereocenters. The molecule has 0 bridgehead atoms. The number of nitrogens with one attached hydrogen (secondary N) is 1. The van der Waals surface area contributed by atoms with E-state index in [0.717, 1.165) is 38.8 Å². The zero-order valence-electron chi connectivity index (χ0n) is 11.5. The predicted molar refractivity (Wildman–Crippen MR) is 71.0 cm³/mol. The van der Waals surface area contributed by atoms with E-state index >= 15 is 0 Å². The number of carboxylic acids is 1. The minimum Gasteiger partial charge on any atom is -0.480 e. The van der Waals surface area contributed by atoms with Crippen molar-refractivity contribution in [3.8, 4) is 0 Å². The van der Waals surface area contributed by atoms with Gasteiger partial charge in [0.25, 0.3) is 0 Å². The fourth-order valence-corrected chi connectivity index (χ4v) is 2.56. The van der Waals surface area contributed by atoms with Gasteiger partial charge in [-0.25, -0.2) is 4.79 Å². The summed E-state index contributed by atoms with van der Waals surface area (Å²) in [7, 11) is 1.79. The van der Waals surface area contributed by atoms with Crippen LogP contribution in [0.1, 0.15) is 25.7 Å². The van der Waals surface area contributed by atoms with Crippen LogP contribution in [0.2, 0.25) is 0 Å². The van der Waals surface area contributed by atoms with E-state index in [1.807, 2.05) is 0 Å². The number of urea groups is 1. The van der Waals surface area contributed by atoms with E-state index in [2.05, 4.69) is 5.32 Å². The van der Waals surface area contributed by atoms with Crippen molar-refractivity contribution in [3.63, 3.8) is 0 Å². The minimum atomic E-state index is -0.937. The molecule has 0 aromatic rings. The summed E-state index contributed by atoms with van der Waals surface area (Å²) in [6, 6.07) is 0.0884. The smallest absolute Gasteiger partial charge is 0.323 e. The lowest BCUT2D eigenvalue weighted by Gasteiger charge is -2.35. The van der Waals surface area contributed by atoms with Crippen molar-refractivity contribution >= 4 is 12.0 Å². The quantitative estimate of drug-likeness (QED) is 0.766.